The number of rotatable bonds is 23. The largest absolute Gasteiger partial charge is 0.391 e. The second kappa shape index (κ2) is 24.0. The number of unbranched alkanes of at least 4 members (excludes halogenated alkanes) is 19. The van der Waals surface area contributed by atoms with E-state index >= 15 is 0 Å². The summed E-state index contributed by atoms with van der Waals surface area (Å²) in [6.07, 6.45) is 27.6. The molecule has 0 fully saturated rings. The van der Waals surface area contributed by atoms with Crippen LogP contribution in [0.15, 0.2) is 0 Å². The lowest BCUT2D eigenvalue weighted by Gasteiger charge is -2.06. The highest BCUT2D eigenvalue weighted by Crippen LogP contribution is 2.14. The van der Waals surface area contributed by atoms with Gasteiger partial charge >= 0.3 is 0 Å². The molecule has 2 heteroatoms. The van der Waals surface area contributed by atoms with Crippen molar-refractivity contribution in [1.82, 2.24) is 0 Å². The molecule has 1 atom stereocenters. The van der Waals surface area contributed by atoms with Gasteiger partial charge < -0.3 is 9.84 Å². The number of hydrogen-bond donors (Lipinski definition) is 1. The number of hydrogen-bond acceptors (Lipinski definition) is 2. The molecule has 0 amide bonds. The quantitative estimate of drug-likeness (QED) is 0.181. The van der Waals surface area contributed by atoms with Crippen molar-refractivity contribution in [2.45, 2.75) is 141 Å². The van der Waals surface area contributed by atoms with E-state index in [0.717, 1.165) is 13.0 Å². The Kier molecular flexibility index (Phi) is 23.9. The van der Waals surface area contributed by atoms with E-state index in [2.05, 4.69) is 13.8 Å². The third-order valence-corrected chi connectivity index (χ3v) is 5.45. The van der Waals surface area contributed by atoms with Crippen LogP contribution in [0.1, 0.15) is 135 Å². The highest BCUT2D eigenvalue weighted by molar-refractivity contribution is 4.54. The molecule has 0 rings (SSSR count). The van der Waals surface area contributed by atoms with E-state index in [0.29, 0.717) is 6.61 Å². The lowest BCUT2D eigenvalue weighted by atomic mass is 10.0. The van der Waals surface area contributed by atoms with Crippen molar-refractivity contribution in [2.24, 2.45) is 0 Å². The summed E-state index contributed by atoms with van der Waals surface area (Å²) in [6, 6.07) is 0. The van der Waals surface area contributed by atoms with E-state index in [1.165, 1.54) is 122 Å². The smallest absolute Gasteiger partial charge is 0.0774 e. The van der Waals surface area contributed by atoms with Crippen LogP contribution in [0, 0.1) is 6.92 Å². The minimum absolute atomic E-state index is 0.374. The van der Waals surface area contributed by atoms with Crippen molar-refractivity contribution in [1.29, 1.82) is 0 Å². The molecule has 27 heavy (non-hydrogen) atoms. The molecule has 1 unspecified atom stereocenters. The Morgan fingerprint density at radius 1 is 0.556 bits per heavy atom. The molecule has 0 aromatic heterocycles. The SMILES string of the molecule is [CH2]C(O)COCCCCCCCCCCCCCCCCCCCCCC. The Labute approximate surface area is 171 Å². The Bertz CT molecular complexity index is 253. The molecule has 0 spiro atoms. The molecular formula is C25H51O2. The summed E-state index contributed by atoms with van der Waals surface area (Å²) in [5.74, 6) is 0. The van der Waals surface area contributed by atoms with Crippen molar-refractivity contribution >= 4 is 0 Å². The second-order valence-corrected chi connectivity index (χ2v) is 8.45. The van der Waals surface area contributed by atoms with Gasteiger partial charge in [-0.15, -0.1) is 0 Å². The van der Waals surface area contributed by atoms with Crippen LogP contribution in [0.3, 0.4) is 0 Å². The zero-order valence-corrected chi connectivity index (χ0v) is 18.7. The molecule has 0 saturated heterocycles. The van der Waals surface area contributed by atoms with Crippen molar-refractivity contribution in [2.75, 3.05) is 13.2 Å². The van der Waals surface area contributed by atoms with Gasteiger partial charge in [-0.25, -0.2) is 0 Å². The van der Waals surface area contributed by atoms with Crippen LogP contribution in [0.4, 0.5) is 0 Å². The molecule has 0 heterocycles. The van der Waals surface area contributed by atoms with Crippen molar-refractivity contribution in [3.8, 4) is 0 Å². The van der Waals surface area contributed by atoms with Crippen LogP contribution in [-0.4, -0.2) is 24.4 Å². The number of ether oxygens (including phenoxy) is 1. The summed E-state index contributed by atoms with van der Waals surface area (Å²) in [5, 5.41) is 8.98. The van der Waals surface area contributed by atoms with E-state index in [-0.39, 0.29) is 0 Å². The van der Waals surface area contributed by atoms with Gasteiger partial charge in [-0.05, 0) is 13.3 Å². The highest BCUT2D eigenvalue weighted by atomic mass is 16.5. The lowest BCUT2D eigenvalue weighted by Crippen LogP contribution is -2.11. The summed E-state index contributed by atoms with van der Waals surface area (Å²) in [4.78, 5) is 0. The summed E-state index contributed by atoms with van der Waals surface area (Å²) in [6.45, 7) is 6.93. The van der Waals surface area contributed by atoms with Gasteiger partial charge in [0, 0.05) is 6.61 Å². The summed E-state index contributed by atoms with van der Waals surface area (Å²) >= 11 is 0. The zero-order valence-electron chi connectivity index (χ0n) is 18.7. The van der Waals surface area contributed by atoms with Gasteiger partial charge in [-0.1, -0.05) is 129 Å². The standard InChI is InChI=1S/C25H51O2/c1-3-4-5-6-7-8-9-10-11-12-13-14-15-16-17-18-19-20-21-22-23-27-24-25(2)26/h25-26H,2-24H2,1H3. The highest BCUT2D eigenvalue weighted by Gasteiger charge is 1.97. The number of aliphatic hydroxyl groups is 1. The van der Waals surface area contributed by atoms with Gasteiger partial charge in [0.15, 0.2) is 0 Å². The molecular weight excluding hydrogens is 332 g/mol. The fourth-order valence-corrected chi connectivity index (χ4v) is 3.68. The minimum atomic E-state index is -0.574. The van der Waals surface area contributed by atoms with E-state index < -0.39 is 6.10 Å². The average Bonchev–Trinajstić information content (AvgIpc) is 2.65. The lowest BCUT2D eigenvalue weighted by molar-refractivity contribution is 0.0564. The number of aliphatic hydroxyl groups excluding tert-OH is 1. The third kappa shape index (κ3) is 25.9. The maximum atomic E-state index is 8.98. The maximum absolute atomic E-state index is 8.98. The van der Waals surface area contributed by atoms with Gasteiger partial charge in [0.25, 0.3) is 0 Å². The molecule has 0 aromatic rings. The van der Waals surface area contributed by atoms with Gasteiger partial charge in [-0.3, -0.25) is 0 Å². The first kappa shape index (κ1) is 26.9. The second-order valence-electron chi connectivity index (χ2n) is 8.45. The fourth-order valence-electron chi connectivity index (χ4n) is 3.68. The first-order chi connectivity index (χ1) is 13.3. The molecule has 0 aliphatic rings. The predicted octanol–water partition coefficient (Wildman–Crippen LogP) is 8.02. The van der Waals surface area contributed by atoms with Crippen LogP contribution in [0.5, 0.6) is 0 Å². The molecule has 1 radical (unpaired) electrons. The predicted molar refractivity (Wildman–Crippen MR) is 120 cm³/mol. The Morgan fingerprint density at radius 3 is 1.15 bits per heavy atom. The zero-order chi connectivity index (χ0) is 19.8. The Balaban J connectivity index is 2.97. The Morgan fingerprint density at radius 2 is 0.852 bits per heavy atom. The molecule has 0 aliphatic heterocycles. The van der Waals surface area contributed by atoms with E-state index in [9.17, 15) is 0 Å². The third-order valence-electron chi connectivity index (χ3n) is 5.45. The van der Waals surface area contributed by atoms with Crippen LogP contribution in [0.25, 0.3) is 0 Å². The maximum Gasteiger partial charge on any atom is 0.0774 e. The van der Waals surface area contributed by atoms with Crippen molar-refractivity contribution < 1.29 is 9.84 Å². The van der Waals surface area contributed by atoms with E-state index in [1.54, 1.807) is 0 Å². The first-order valence-electron chi connectivity index (χ1n) is 12.4. The van der Waals surface area contributed by atoms with Crippen LogP contribution < -0.4 is 0 Å². The molecule has 0 aliphatic carbocycles. The monoisotopic (exact) mass is 383 g/mol. The van der Waals surface area contributed by atoms with Crippen LogP contribution in [-0.2, 0) is 4.74 Å². The van der Waals surface area contributed by atoms with E-state index in [1.807, 2.05) is 0 Å². The molecule has 0 saturated carbocycles. The van der Waals surface area contributed by atoms with E-state index in [4.69, 9.17) is 9.84 Å². The van der Waals surface area contributed by atoms with Crippen molar-refractivity contribution in [3.05, 3.63) is 6.92 Å². The minimum Gasteiger partial charge on any atom is -0.391 e. The topological polar surface area (TPSA) is 29.5 Å². The van der Waals surface area contributed by atoms with Gasteiger partial charge in [0.05, 0.1) is 12.7 Å². The molecule has 1 N–H and O–H groups in total. The van der Waals surface area contributed by atoms with Gasteiger partial charge in [0.2, 0.25) is 0 Å². The summed E-state index contributed by atoms with van der Waals surface area (Å²) in [7, 11) is 0. The average molecular weight is 384 g/mol. The summed E-state index contributed by atoms with van der Waals surface area (Å²) in [5.41, 5.74) is 0. The molecule has 163 valence electrons. The molecule has 0 bridgehead atoms. The molecule has 2 nitrogen and oxygen atoms in total. The normalized spacial score (nSPS) is 12.6. The van der Waals surface area contributed by atoms with Gasteiger partial charge in [-0.2, -0.15) is 0 Å². The Hall–Kier alpha value is -0.0800. The first-order valence-corrected chi connectivity index (χ1v) is 12.4. The van der Waals surface area contributed by atoms with Crippen LogP contribution >= 0.6 is 0 Å². The summed E-state index contributed by atoms with van der Waals surface area (Å²) < 4.78 is 5.32. The van der Waals surface area contributed by atoms with Gasteiger partial charge in [0.1, 0.15) is 0 Å². The van der Waals surface area contributed by atoms with Crippen molar-refractivity contribution in [3.63, 3.8) is 0 Å². The fraction of sp³-hybridized carbons (Fsp3) is 0.960. The van der Waals surface area contributed by atoms with Crippen LogP contribution in [0.2, 0.25) is 0 Å². The molecule has 0 aromatic carbocycles.